The number of nitrogens with zero attached hydrogens (tertiary/aromatic N) is 1. The molecule has 1 aromatic carbocycles. The lowest BCUT2D eigenvalue weighted by molar-refractivity contribution is 0.189. The van der Waals surface area contributed by atoms with Crippen LogP contribution >= 0.6 is 15.9 Å². The summed E-state index contributed by atoms with van der Waals surface area (Å²) in [6.45, 7) is 1.28. The minimum Gasteiger partial charge on any atom is -0.379 e. The summed E-state index contributed by atoms with van der Waals surface area (Å²) in [7, 11) is 0. The molecule has 2 N–H and O–H groups in total. The van der Waals surface area contributed by atoms with Gasteiger partial charge in [-0.25, -0.2) is 4.79 Å². The molecule has 0 bridgehead atoms. The van der Waals surface area contributed by atoms with Gasteiger partial charge in [-0.05, 0) is 34.5 Å². The number of aromatic nitrogens is 1. The van der Waals surface area contributed by atoms with Crippen LogP contribution in [0.4, 0.5) is 10.5 Å². The summed E-state index contributed by atoms with van der Waals surface area (Å²) in [6, 6.07) is 7.53. The molecule has 3 rings (SSSR count). The lowest BCUT2D eigenvalue weighted by atomic mass is 10.2. The van der Waals surface area contributed by atoms with E-state index in [2.05, 4.69) is 31.5 Å². The van der Waals surface area contributed by atoms with E-state index in [1.54, 1.807) is 6.20 Å². The molecule has 1 unspecified atom stereocenters. The van der Waals surface area contributed by atoms with Crippen molar-refractivity contribution in [2.24, 2.45) is 0 Å². The molecule has 2 amide bonds. The third kappa shape index (κ3) is 2.91. The quantitative estimate of drug-likeness (QED) is 0.886. The maximum absolute atomic E-state index is 12.0. The Bertz CT molecular complexity index is 641. The lowest BCUT2D eigenvalue weighted by Gasteiger charge is -2.13. The Hall–Kier alpha value is -1.66. The standard InChI is InChI=1S/C14H14BrN3O2/c15-10-6-9-2-1-3-12(13(9)16-7-10)18-14(19)17-11-4-5-20-8-11/h1-3,6-7,11H,4-5,8H2,(H2,17,18,19). The van der Waals surface area contributed by atoms with E-state index >= 15 is 0 Å². The largest absolute Gasteiger partial charge is 0.379 e. The van der Waals surface area contributed by atoms with Crippen molar-refractivity contribution in [3.05, 3.63) is 34.9 Å². The predicted molar refractivity (Wildman–Crippen MR) is 80.8 cm³/mol. The molecule has 104 valence electrons. The number of urea groups is 1. The van der Waals surface area contributed by atoms with Gasteiger partial charge in [0, 0.05) is 22.7 Å². The van der Waals surface area contributed by atoms with E-state index in [1.807, 2.05) is 24.3 Å². The second kappa shape index (κ2) is 5.76. The maximum Gasteiger partial charge on any atom is 0.319 e. The summed E-state index contributed by atoms with van der Waals surface area (Å²) in [5.41, 5.74) is 1.47. The van der Waals surface area contributed by atoms with Crippen LogP contribution in [-0.4, -0.2) is 30.3 Å². The highest BCUT2D eigenvalue weighted by Gasteiger charge is 2.18. The number of para-hydroxylation sites is 1. The molecule has 1 aliphatic rings. The molecule has 1 aromatic heterocycles. The van der Waals surface area contributed by atoms with Crippen molar-refractivity contribution in [3.8, 4) is 0 Å². The first kappa shape index (κ1) is 13.3. The van der Waals surface area contributed by atoms with E-state index in [0.29, 0.717) is 18.9 Å². The van der Waals surface area contributed by atoms with Crippen LogP contribution in [0.15, 0.2) is 34.9 Å². The minimum absolute atomic E-state index is 0.0899. The first-order chi connectivity index (χ1) is 9.72. The Morgan fingerprint density at radius 3 is 3.15 bits per heavy atom. The lowest BCUT2D eigenvalue weighted by Crippen LogP contribution is -2.38. The van der Waals surface area contributed by atoms with Crippen molar-refractivity contribution in [2.45, 2.75) is 12.5 Å². The minimum atomic E-state index is -0.224. The number of fused-ring (bicyclic) bond motifs is 1. The second-order valence-corrected chi connectivity index (χ2v) is 5.61. The van der Waals surface area contributed by atoms with Gasteiger partial charge in [0.1, 0.15) is 0 Å². The van der Waals surface area contributed by atoms with Crippen molar-refractivity contribution in [1.29, 1.82) is 0 Å². The van der Waals surface area contributed by atoms with E-state index in [4.69, 9.17) is 4.74 Å². The van der Waals surface area contributed by atoms with Crippen LogP contribution in [0.25, 0.3) is 10.9 Å². The van der Waals surface area contributed by atoms with E-state index in [0.717, 1.165) is 21.8 Å². The van der Waals surface area contributed by atoms with Gasteiger partial charge in [0.2, 0.25) is 0 Å². The summed E-state index contributed by atoms with van der Waals surface area (Å²) in [5.74, 6) is 0. The van der Waals surface area contributed by atoms with Crippen LogP contribution in [-0.2, 0) is 4.74 Å². The van der Waals surface area contributed by atoms with Gasteiger partial charge < -0.3 is 15.4 Å². The highest BCUT2D eigenvalue weighted by molar-refractivity contribution is 9.10. The number of hydrogen-bond donors (Lipinski definition) is 2. The summed E-state index contributed by atoms with van der Waals surface area (Å²) >= 11 is 3.39. The zero-order chi connectivity index (χ0) is 13.9. The molecule has 2 heterocycles. The first-order valence-electron chi connectivity index (χ1n) is 6.42. The molecule has 0 saturated carbocycles. The zero-order valence-corrected chi connectivity index (χ0v) is 12.3. The van der Waals surface area contributed by atoms with Crippen LogP contribution in [0.2, 0.25) is 0 Å². The number of amides is 2. The number of pyridine rings is 1. The highest BCUT2D eigenvalue weighted by atomic mass is 79.9. The molecule has 2 aromatic rings. The molecule has 1 saturated heterocycles. The number of carbonyl (C=O) groups excluding carboxylic acids is 1. The van der Waals surface area contributed by atoms with Gasteiger partial charge in [-0.15, -0.1) is 0 Å². The van der Waals surface area contributed by atoms with Gasteiger partial charge in [-0.3, -0.25) is 4.98 Å². The number of hydrogen-bond acceptors (Lipinski definition) is 3. The van der Waals surface area contributed by atoms with Gasteiger partial charge in [-0.2, -0.15) is 0 Å². The Morgan fingerprint density at radius 1 is 1.45 bits per heavy atom. The van der Waals surface area contributed by atoms with Crippen LogP contribution in [0.1, 0.15) is 6.42 Å². The third-order valence-electron chi connectivity index (χ3n) is 3.19. The number of nitrogens with one attached hydrogen (secondary N) is 2. The average Bonchev–Trinajstić information content (AvgIpc) is 2.91. The van der Waals surface area contributed by atoms with Crippen LogP contribution < -0.4 is 10.6 Å². The van der Waals surface area contributed by atoms with E-state index in [9.17, 15) is 4.79 Å². The number of carbonyl (C=O) groups is 1. The number of halogens is 1. The average molecular weight is 336 g/mol. The van der Waals surface area contributed by atoms with Gasteiger partial charge in [0.05, 0.1) is 23.9 Å². The molecule has 1 aliphatic heterocycles. The van der Waals surface area contributed by atoms with E-state index in [1.165, 1.54) is 0 Å². The first-order valence-corrected chi connectivity index (χ1v) is 7.21. The van der Waals surface area contributed by atoms with E-state index in [-0.39, 0.29) is 12.1 Å². The zero-order valence-electron chi connectivity index (χ0n) is 10.7. The monoisotopic (exact) mass is 335 g/mol. The van der Waals surface area contributed by atoms with Gasteiger partial charge in [-0.1, -0.05) is 12.1 Å². The summed E-state index contributed by atoms with van der Waals surface area (Å²) < 4.78 is 6.14. The topological polar surface area (TPSA) is 63.2 Å². The number of benzene rings is 1. The van der Waals surface area contributed by atoms with Crippen molar-refractivity contribution in [1.82, 2.24) is 10.3 Å². The van der Waals surface area contributed by atoms with Crippen LogP contribution in [0.5, 0.6) is 0 Å². The molecular weight excluding hydrogens is 322 g/mol. The highest BCUT2D eigenvalue weighted by Crippen LogP contribution is 2.23. The summed E-state index contributed by atoms with van der Waals surface area (Å²) in [6.07, 6.45) is 2.57. The smallest absolute Gasteiger partial charge is 0.319 e. The van der Waals surface area contributed by atoms with Gasteiger partial charge in [0.25, 0.3) is 0 Å². The van der Waals surface area contributed by atoms with Crippen LogP contribution in [0.3, 0.4) is 0 Å². The Kier molecular flexibility index (Phi) is 3.84. The van der Waals surface area contributed by atoms with E-state index < -0.39 is 0 Å². The summed E-state index contributed by atoms with van der Waals surface area (Å²) in [5, 5.41) is 6.71. The molecule has 6 heteroatoms. The fourth-order valence-electron chi connectivity index (χ4n) is 2.23. The normalized spacial score (nSPS) is 18.1. The molecule has 1 atom stereocenters. The molecule has 5 nitrogen and oxygen atoms in total. The Labute approximate surface area is 124 Å². The van der Waals surface area contributed by atoms with Crippen molar-refractivity contribution >= 4 is 38.6 Å². The fourth-order valence-corrected chi connectivity index (χ4v) is 2.58. The molecule has 1 fully saturated rings. The SMILES string of the molecule is O=C(Nc1cccc2cc(Br)cnc12)NC1CCOC1. The Balaban J connectivity index is 1.78. The molecule has 0 spiro atoms. The molecule has 0 radical (unpaired) electrons. The predicted octanol–water partition coefficient (Wildman–Crippen LogP) is 2.91. The fraction of sp³-hybridized carbons (Fsp3) is 0.286. The molecule has 20 heavy (non-hydrogen) atoms. The second-order valence-electron chi connectivity index (χ2n) is 4.69. The number of anilines is 1. The third-order valence-corrected chi connectivity index (χ3v) is 3.62. The van der Waals surface area contributed by atoms with Crippen molar-refractivity contribution in [2.75, 3.05) is 18.5 Å². The number of rotatable bonds is 2. The van der Waals surface area contributed by atoms with Gasteiger partial charge in [0.15, 0.2) is 0 Å². The maximum atomic E-state index is 12.0. The molecule has 0 aliphatic carbocycles. The van der Waals surface area contributed by atoms with Crippen LogP contribution in [0, 0.1) is 0 Å². The molecular formula is C14H14BrN3O2. The van der Waals surface area contributed by atoms with Crippen molar-refractivity contribution in [3.63, 3.8) is 0 Å². The Morgan fingerprint density at radius 2 is 2.35 bits per heavy atom. The van der Waals surface area contributed by atoms with Crippen molar-refractivity contribution < 1.29 is 9.53 Å². The summed E-state index contributed by atoms with van der Waals surface area (Å²) in [4.78, 5) is 16.3. The number of ether oxygens (including phenoxy) is 1. The van der Waals surface area contributed by atoms with Gasteiger partial charge >= 0.3 is 6.03 Å².